The van der Waals surface area contributed by atoms with Crippen LogP contribution >= 0.6 is 0 Å². The van der Waals surface area contributed by atoms with Crippen LogP contribution in [0.4, 0.5) is 0 Å². The van der Waals surface area contributed by atoms with E-state index in [0.29, 0.717) is 0 Å². The molecule has 1 heteroatoms. The standard InChI is InChI=1S/C21H38Si/c1-3-4-5-6-7-8-9-10-11-12-13-17-20-22(2)21-18-15-14-16-19-21/h14-16,18-19,22H,3-13,17,20H2,1-2H3. The zero-order valence-corrected chi connectivity index (χ0v) is 16.3. The molecule has 0 saturated heterocycles. The molecular formula is C21H38Si. The van der Waals surface area contributed by atoms with E-state index in [1.54, 1.807) is 5.19 Å². The summed E-state index contributed by atoms with van der Waals surface area (Å²) in [7, 11) is -0.645. The number of rotatable bonds is 14. The highest BCUT2D eigenvalue weighted by molar-refractivity contribution is 6.71. The maximum absolute atomic E-state index is 2.51. The van der Waals surface area contributed by atoms with Crippen molar-refractivity contribution >= 4 is 14.0 Å². The predicted octanol–water partition coefficient (Wildman–Crippen LogP) is 6.45. The lowest BCUT2D eigenvalue weighted by Crippen LogP contribution is -2.25. The van der Waals surface area contributed by atoms with Crippen LogP contribution in [-0.2, 0) is 0 Å². The average molecular weight is 319 g/mol. The Morgan fingerprint density at radius 2 is 1.09 bits per heavy atom. The van der Waals surface area contributed by atoms with Crippen molar-refractivity contribution in [2.24, 2.45) is 0 Å². The largest absolute Gasteiger partial charge is 0.0680 e. The molecule has 0 fully saturated rings. The highest BCUT2D eigenvalue weighted by Crippen LogP contribution is 2.13. The molecule has 1 unspecified atom stereocenters. The summed E-state index contributed by atoms with van der Waals surface area (Å²) in [5.41, 5.74) is 0. The second-order valence-electron chi connectivity index (χ2n) is 6.99. The second-order valence-corrected chi connectivity index (χ2v) is 10.0. The normalized spacial score (nSPS) is 12.5. The van der Waals surface area contributed by atoms with Crippen LogP contribution in [0.2, 0.25) is 12.6 Å². The first-order chi connectivity index (χ1) is 10.8. The third kappa shape index (κ3) is 10.2. The highest BCUT2D eigenvalue weighted by Gasteiger charge is 2.05. The summed E-state index contributed by atoms with van der Waals surface area (Å²) < 4.78 is 0. The predicted molar refractivity (Wildman–Crippen MR) is 105 cm³/mol. The fraction of sp³-hybridized carbons (Fsp3) is 0.714. The Bertz CT molecular complexity index is 333. The van der Waals surface area contributed by atoms with Gasteiger partial charge in [0.15, 0.2) is 0 Å². The number of hydrogen-bond donors (Lipinski definition) is 0. The zero-order chi connectivity index (χ0) is 15.9. The molecular weight excluding hydrogens is 280 g/mol. The van der Waals surface area contributed by atoms with Crippen molar-refractivity contribution in [3.63, 3.8) is 0 Å². The Morgan fingerprint density at radius 1 is 0.636 bits per heavy atom. The van der Waals surface area contributed by atoms with E-state index in [-0.39, 0.29) is 0 Å². The maximum Gasteiger partial charge on any atom is 0.0677 e. The van der Waals surface area contributed by atoms with Crippen molar-refractivity contribution in [1.82, 2.24) is 0 Å². The van der Waals surface area contributed by atoms with Crippen LogP contribution < -0.4 is 5.19 Å². The first-order valence-electron chi connectivity index (χ1n) is 9.89. The van der Waals surface area contributed by atoms with Gasteiger partial charge >= 0.3 is 0 Å². The molecule has 1 aromatic carbocycles. The smallest absolute Gasteiger partial charge is 0.0677 e. The SMILES string of the molecule is CCCCCCCCCCCCCC[SiH](C)c1ccccc1. The van der Waals surface area contributed by atoms with Crippen molar-refractivity contribution in [3.05, 3.63) is 30.3 Å². The number of benzene rings is 1. The van der Waals surface area contributed by atoms with Gasteiger partial charge in [0.05, 0.1) is 8.80 Å². The minimum Gasteiger partial charge on any atom is -0.0680 e. The van der Waals surface area contributed by atoms with Gasteiger partial charge < -0.3 is 0 Å². The van der Waals surface area contributed by atoms with E-state index >= 15 is 0 Å². The molecule has 0 radical (unpaired) electrons. The summed E-state index contributed by atoms with van der Waals surface area (Å²) in [6.07, 6.45) is 17.5. The van der Waals surface area contributed by atoms with Crippen molar-refractivity contribution in [2.75, 3.05) is 0 Å². The van der Waals surface area contributed by atoms with Gasteiger partial charge in [-0.25, -0.2) is 0 Å². The molecule has 0 aromatic heterocycles. The zero-order valence-electron chi connectivity index (χ0n) is 15.2. The van der Waals surface area contributed by atoms with Crippen LogP contribution in [0.15, 0.2) is 30.3 Å². The van der Waals surface area contributed by atoms with Gasteiger partial charge in [-0.05, 0) is 0 Å². The Labute approximate surface area is 141 Å². The molecule has 1 atom stereocenters. The molecule has 0 amide bonds. The average Bonchev–Trinajstić information content (AvgIpc) is 2.56. The van der Waals surface area contributed by atoms with Gasteiger partial charge in [-0.3, -0.25) is 0 Å². The minimum absolute atomic E-state index is 0.645. The molecule has 22 heavy (non-hydrogen) atoms. The molecule has 0 aliphatic heterocycles. The van der Waals surface area contributed by atoms with Crippen LogP contribution in [0.1, 0.15) is 84.0 Å². The Hall–Kier alpha value is -0.563. The fourth-order valence-electron chi connectivity index (χ4n) is 3.24. The first kappa shape index (κ1) is 19.5. The molecule has 1 rings (SSSR count). The van der Waals surface area contributed by atoms with E-state index in [9.17, 15) is 0 Å². The summed E-state index contributed by atoms with van der Waals surface area (Å²) in [4.78, 5) is 0. The second kappa shape index (κ2) is 14.1. The van der Waals surface area contributed by atoms with Crippen LogP contribution in [0.25, 0.3) is 0 Å². The van der Waals surface area contributed by atoms with Crippen LogP contribution in [0.5, 0.6) is 0 Å². The lowest BCUT2D eigenvalue weighted by molar-refractivity contribution is 0.547. The van der Waals surface area contributed by atoms with Gasteiger partial charge in [0.1, 0.15) is 0 Å². The molecule has 0 aliphatic rings. The quantitative estimate of drug-likeness (QED) is 0.273. The van der Waals surface area contributed by atoms with Crippen LogP contribution in [0.3, 0.4) is 0 Å². The number of unbranched alkanes of at least 4 members (excludes halogenated alkanes) is 11. The van der Waals surface area contributed by atoms with Crippen LogP contribution in [0, 0.1) is 0 Å². The molecule has 0 saturated carbocycles. The third-order valence-corrected chi connectivity index (χ3v) is 7.66. The summed E-state index contributed by atoms with van der Waals surface area (Å²) >= 11 is 0. The molecule has 1 aromatic rings. The van der Waals surface area contributed by atoms with E-state index in [1.165, 1.54) is 83.1 Å². The van der Waals surface area contributed by atoms with Gasteiger partial charge in [-0.15, -0.1) is 0 Å². The maximum atomic E-state index is 2.51. The van der Waals surface area contributed by atoms with Gasteiger partial charge in [-0.2, -0.15) is 0 Å². The molecule has 0 N–H and O–H groups in total. The molecule has 126 valence electrons. The summed E-state index contributed by atoms with van der Waals surface area (Å²) in [6, 6.07) is 12.7. The van der Waals surface area contributed by atoms with Crippen molar-refractivity contribution in [2.45, 2.75) is 96.6 Å². The van der Waals surface area contributed by atoms with Crippen LogP contribution in [-0.4, -0.2) is 8.80 Å². The molecule has 0 bridgehead atoms. The Kier molecular flexibility index (Phi) is 12.4. The van der Waals surface area contributed by atoms with E-state index < -0.39 is 8.80 Å². The minimum atomic E-state index is -0.645. The first-order valence-corrected chi connectivity index (χ1v) is 12.4. The molecule has 0 spiro atoms. The molecule has 0 heterocycles. The van der Waals surface area contributed by atoms with Crippen molar-refractivity contribution < 1.29 is 0 Å². The van der Waals surface area contributed by atoms with Gasteiger partial charge in [0, 0.05) is 0 Å². The summed E-state index contributed by atoms with van der Waals surface area (Å²) in [5.74, 6) is 0. The lowest BCUT2D eigenvalue weighted by Gasteiger charge is -2.09. The topological polar surface area (TPSA) is 0 Å². The highest BCUT2D eigenvalue weighted by atomic mass is 28.3. The van der Waals surface area contributed by atoms with Gasteiger partial charge in [-0.1, -0.05) is 132 Å². The summed E-state index contributed by atoms with van der Waals surface area (Å²) in [5, 5.41) is 1.64. The van der Waals surface area contributed by atoms with Crippen molar-refractivity contribution in [1.29, 1.82) is 0 Å². The van der Waals surface area contributed by atoms with E-state index in [4.69, 9.17) is 0 Å². The van der Waals surface area contributed by atoms with E-state index in [1.807, 2.05) is 0 Å². The lowest BCUT2D eigenvalue weighted by atomic mass is 10.1. The molecule has 0 nitrogen and oxygen atoms in total. The third-order valence-electron chi connectivity index (χ3n) is 4.86. The van der Waals surface area contributed by atoms with E-state index in [2.05, 4.69) is 43.8 Å². The van der Waals surface area contributed by atoms with Crippen molar-refractivity contribution in [3.8, 4) is 0 Å². The van der Waals surface area contributed by atoms with Gasteiger partial charge in [0.25, 0.3) is 0 Å². The molecule has 0 aliphatic carbocycles. The van der Waals surface area contributed by atoms with Gasteiger partial charge in [0.2, 0.25) is 0 Å². The fourth-order valence-corrected chi connectivity index (χ4v) is 5.35. The summed E-state index contributed by atoms with van der Waals surface area (Å²) in [6.45, 7) is 4.80. The Morgan fingerprint density at radius 3 is 1.59 bits per heavy atom. The van der Waals surface area contributed by atoms with E-state index in [0.717, 1.165) is 0 Å². The number of hydrogen-bond acceptors (Lipinski definition) is 0. The Balaban J connectivity index is 1.84. The monoisotopic (exact) mass is 318 g/mol.